The minimum Gasteiger partial charge on any atom is -0.497 e. The number of nitrogens with one attached hydrogen (secondary N) is 1. The average Bonchev–Trinajstić information content (AvgIpc) is 3.69. The molecule has 0 radical (unpaired) electrons. The molecule has 1 aliphatic carbocycles. The van der Waals surface area contributed by atoms with Gasteiger partial charge in [-0.3, -0.25) is 14.5 Å². The Balaban J connectivity index is 1.60. The van der Waals surface area contributed by atoms with Crippen molar-refractivity contribution in [1.29, 1.82) is 0 Å². The van der Waals surface area contributed by atoms with E-state index in [-0.39, 0.29) is 22.5 Å². The largest absolute Gasteiger partial charge is 0.497 e. The van der Waals surface area contributed by atoms with Crippen LogP contribution in [0.5, 0.6) is 11.5 Å². The van der Waals surface area contributed by atoms with E-state index in [4.69, 9.17) is 15.2 Å². The van der Waals surface area contributed by atoms with E-state index in [1.165, 1.54) is 0 Å². The summed E-state index contributed by atoms with van der Waals surface area (Å²) in [5.41, 5.74) is 10.6. The minimum absolute atomic E-state index is 0.0767. The molecule has 0 bridgehead atoms. The van der Waals surface area contributed by atoms with Crippen molar-refractivity contribution in [2.24, 2.45) is 0 Å². The zero-order chi connectivity index (χ0) is 29.6. The monoisotopic (exact) mass is 584 g/mol. The maximum absolute atomic E-state index is 14.5. The number of methoxy groups -OCH3 is 2. The van der Waals surface area contributed by atoms with Gasteiger partial charge in [-0.25, -0.2) is 0 Å². The van der Waals surface area contributed by atoms with Crippen molar-refractivity contribution in [3.05, 3.63) is 88.8 Å². The fourth-order valence-electron chi connectivity index (χ4n) is 5.35. The van der Waals surface area contributed by atoms with E-state index in [1.807, 2.05) is 60.7 Å². The second-order valence-electron chi connectivity index (χ2n) is 10.4. The smallest absolute Gasteiger partial charge is 0.273 e. The molecule has 1 atom stereocenters. The first-order valence-corrected chi connectivity index (χ1v) is 15.0. The van der Waals surface area contributed by atoms with Crippen LogP contribution in [0.2, 0.25) is 0 Å². The highest BCUT2D eigenvalue weighted by molar-refractivity contribution is 7.09. The number of hydrogen-bond donors (Lipinski definition) is 2. The van der Waals surface area contributed by atoms with E-state index in [0.717, 1.165) is 54.8 Å². The molecule has 3 N–H and O–H groups in total. The summed E-state index contributed by atoms with van der Waals surface area (Å²) in [5.74, 6) is 0.741. The van der Waals surface area contributed by atoms with Gasteiger partial charge in [0.2, 0.25) is 5.91 Å². The average molecular weight is 585 g/mol. The number of rotatable bonds is 10. The van der Waals surface area contributed by atoms with Gasteiger partial charge >= 0.3 is 0 Å². The summed E-state index contributed by atoms with van der Waals surface area (Å²) in [6.07, 6.45) is 4.85. The van der Waals surface area contributed by atoms with Crippen LogP contribution < -0.4 is 25.4 Å². The van der Waals surface area contributed by atoms with Crippen molar-refractivity contribution < 1.29 is 19.1 Å². The highest BCUT2D eigenvalue weighted by Gasteiger charge is 2.36. The van der Waals surface area contributed by atoms with Crippen LogP contribution in [-0.4, -0.2) is 36.4 Å². The van der Waals surface area contributed by atoms with Gasteiger partial charge in [-0.15, -0.1) is 0 Å². The molecule has 0 spiro atoms. The molecular weight excluding hydrogens is 548 g/mol. The van der Waals surface area contributed by atoms with Crippen LogP contribution in [0.1, 0.15) is 59.4 Å². The number of carbonyl (C=O) groups is 2. The van der Waals surface area contributed by atoms with Crippen LogP contribution >= 0.6 is 11.5 Å². The maximum atomic E-state index is 14.5. The van der Waals surface area contributed by atoms with Crippen LogP contribution in [0, 0.1) is 0 Å². The van der Waals surface area contributed by atoms with Crippen molar-refractivity contribution >= 4 is 34.7 Å². The lowest BCUT2D eigenvalue weighted by Gasteiger charge is -2.32. The molecule has 218 valence electrons. The number of hydrogen-bond acceptors (Lipinski definition) is 7. The van der Waals surface area contributed by atoms with Gasteiger partial charge in [-0.05, 0) is 90.5 Å². The van der Waals surface area contributed by atoms with Crippen molar-refractivity contribution in [1.82, 2.24) is 9.69 Å². The van der Waals surface area contributed by atoms with E-state index in [1.54, 1.807) is 31.3 Å². The number of nitrogens with zero attached hydrogens (tertiary/aromatic N) is 2. The molecule has 1 aliphatic rings. The fraction of sp³-hybridized carbons (Fsp3) is 0.303. The minimum atomic E-state index is -0.942. The Labute approximate surface area is 250 Å². The Bertz CT molecular complexity index is 1510. The summed E-state index contributed by atoms with van der Waals surface area (Å²) >= 11 is 1.03. The summed E-state index contributed by atoms with van der Waals surface area (Å²) in [6, 6.07) is 21.5. The topological polar surface area (TPSA) is 107 Å². The lowest BCUT2D eigenvalue weighted by atomic mass is 10.0. The second kappa shape index (κ2) is 13.1. The van der Waals surface area contributed by atoms with Crippen LogP contribution in [-0.2, 0) is 11.2 Å². The van der Waals surface area contributed by atoms with Gasteiger partial charge in [0.1, 0.15) is 28.1 Å². The van der Waals surface area contributed by atoms with Crippen LogP contribution in [0.3, 0.4) is 0 Å². The van der Waals surface area contributed by atoms with Crippen molar-refractivity contribution in [3.63, 3.8) is 0 Å². The molecule has 3 aromatic carbocycles. The summed E-state index contributed by atoms with van der Waals surface area (Å²) in [5, 5.41) is 3.22. The Morgan fingerprint density at radius 1 is 0.952 bits per heavy atom. The summed E-state index contributed by atoms with van der Waals surface area (Å²) in [6.45, 7) is 2.08. The van der Waals surface area contributed by atoms with E-state index in [0.29, 0.717) is 28.4 Å². The molecule has 1 fully saturated rings. The summed E-state index contributed by atoms with van der Waals surface area (Å²) < 4.78 is 15.2. The zero-order valence-electron chi connectivity index (χ0n) is 24.1. The number of aryl methyl sites for hydroxylation is 1. The molecule has 0 aliphatic heterocycles. The molecule has 42 heavy (non-hydrogen) atoms. The first-order chi connectivity index (χ1) is 20.4. The Hall–Kier alpha value is -4.37. The number of benzene rings is 3. The predicted octanol–water partition coefficient (Wildman–Crippen LogP) is 6.42. The zero-order valence-corrected chi connectivity index (χ0v) is 24.9. The van der Waals surface area contributed by atoms with Crippen LogP contribution in [0.4, 0.5) is 11.4 Å². The normalized spacial score (nSPS) is 13.9. The number of amides is 2. The summed E-state index contributed by atoms with van der Waals surface area (Å²) in [7, 11) is 3.20. The lowest BCUT2D eigenvalue weighted by molar-refractivity contribution is -0.123. The molecule has 5 rings (SSSR count). The standard InChI is InChI=1S/C33H36N4O4S/c1-4-21-9-15-25(16-10-21)37(33(39)31-28(34)29(36-42-31)22-11-17-26(40-2)18-12-22)30(23-13-19-27(41-3)20-14-23)32(38)35-24-7-5-6-8-24/h9-20,24,30H,4-8,34H2,1-3H3,(H,35,38). The van der Waals surface area contributed by atoms with E-state index in [2.05, 4.69) is 16.6 Å². The number of anilines is 2. The third-order valence-electron chi connectivity index (χ3n) is 7.77. The fourth-order valence-corrected chi connectivity index (χ4v) is 6.11. The molecular formula is C33H36N4O4S. The molecule has 2 amide bonds. The second-order valence-corrected chi connectivity index (χ2v) is 11.1. The van der Waals surface area contributed by atoms with E-state index < -0.39 is 11.9 Å². The number of nitrogens with two attached hydrogens (primary N) is 1. The van der Waals surface area contributed by atoms with Gasteiger partial charge in [-0.1, -0.05) is 44.0 Å². The molecule has 9 heteroatoms. The first kappa shape index (κ1) is 29.1. The van der Waals surface area contributed by atoms with Gasteiger partial charge in [0.25, 0.3) is 5.91 Å². The van der Waals surface area contributed by atoms with Gasteiger partial charge < -0.3 is 20.5 Å². The van der Waals surface area contributed by atoms with E-state index >= 15 is 0 Å². The molecule has 8 nitrogen and oxygen atoms in total. The Morgan fingerprint density at radius 2 is 1.55 bits per heavy atom. The van der Waals surface area contributed by atoms with Gasteiger partial charge in [-0.2, -0.15) is 4.37 Å². The van der Waals surface area contributed by atoms with Gasteiger partial charge in [0.05, 0.1) is 19.9 Å². The summed E-state index contributed by atoms with van der Waals surface area (Å²) in [4.78, 5) is 30.5. The SMILES string of the molecule is CCc1ccc(N(C(=O)c2snc(-c3ccc(OC)cc3)c2N)C(C(=O)NC2CCCC2)c2ccc(OC)cc2)cc1. The van der Waals surface area contributed by atoms with Crippen molar-refractivity contribution in [2.45, 2.75) is 51.1 Å². The highest BCUT2D eigenvalue weighted by Crippen LogP contribution is 2.37. The van der Waals surface area contributed by atoms with Crippen molar-refractivity contribution in [3.8, 4) is 22.8 Å². The molecule has 1 saturated carbocycles. The van der Waals surface area contributed by atoms with Gasteiger partial charge in [0.15, 0.2) is 0 Å². The first-order valence-electron chi connectivity index (χ1n) is 14.2. The number of carbonyl (C=O) groups excluding carboxylic acids is 2. The highest BCUT2D eigenvalue weighted by atomic mass is 32.1. The third kappa shape index (κ3) is 6.11. The number of ether oxygens (including phenoxy) is 2. The molecule has 1 aromatic heterocycles. The molecule has 0 saturated heterocycles. The Morgan fingerprint density at radius 3 is 2.12 bits per heavy atom. The van der Waals surface area contributed by atoms with E-state index in [9.17, 15) is 9.59 Å². The quantitative estimate of drug-likeness (QED) is 0.223. The Kier molecular flexibility index (Phi) is 9.07. The number of nitrogen functional groups attached to an aromatic ring is 1. The lowest BCUT2D eigenvalue weighted by Crippen LogP contribution is -2.46. The molecule has 1 heterocycles. The van der Waals surface area contributed by atoms with Crippen LogP contribution in [0.15, 0.2) is 72.8 Å². The number of aromatic nitrogens is 1. The predicted molar refractivity (Wildman–Crippen MR) is 167 cm³/mol. The van der Waals surface area contributed by atoms with Crippen LogP contribution in [0.25, 0.3) is 11.3 Å². The molecule has 1 unspecified atom stereocenters. The molecule has 4 aromatic rings. The third-order valence-corrected chi connectivity index (χ3v) is 8.62. The van der Waals surface area contributed by atoms with Gasteiger partial charge in [0, 0.05) is 17.3 Å². The van der Waals surface area contributed by atoms with Crippen molar-refractivity contribution in [2.75, 3.05) is 24.9 Å². The maximum Gasteiger partial charge on any atom is 0.273 e.